The summed E-state index contributed by atoms with van der Waals surface area (Å²) in [6, 6.07) is 6.91. The zero-order valence-electron chi connectivity index (χ0n) is 14.0. The third-order valence-corrected chi connectivity index (χ3v) is 5.09. The first-order valence-electron chi connectivity index (χ1n) is 8.80. The summed E-state index contributed by atoms with van der Waals surface area (Å²) in [7, 11) is 0. The van der Waals surface area contributed by atoms with Gasteiger partial charge < -0.3 is 15.2 Å². The fraction of sp³-hybridized carbons (Fsp3) is 0.526. The molecule has 1 aliphatic carbocycles. The maximum Gasteiger partial charge on any atom is 0.317 e. The standard InChI is InChI=1S/C19H25N3O/c1-12(2)16-10-18-14(9-17(16)13-4-5-13)8-15(21-18)11-20-19(23)22-6-3-7-22/h8-10,12-13,21H,3-7,11H2,1-2H3,(H,20,23). The van der Waals surface area contributed by atoms with Crippen molar-refractivity contribution in [3.05, 3.63) is 35.0 Å². The van der Waals surface area contributed by atoms with Crippen LogP contribution in [0.3, 0.4) is 0 Å². The first-order valence-corrected chi connectivity index (χ1v) is 8.80. The smallest absolute Gasteiger partial charge is 0.317 e. The van der Waals surface area contributed by atoms with E-state index in [1.165, 1.54) is 34.9 Å². The van der Waals surface area contributed by atoms with Crippen LogP contribution in [0.5, 0.6) is 0 Å². The van der Waals surface area contributed by atoms with Gasteiger partial charge in [0.2, 0.25) is 0 Å². The Balaban J connectivity index is 1.56. The predicted molar refractivity (Wildman–Crippen MR) is 92.8 cm³/mol. The highest BCUT2D eigenvalue weighted by atomic mass is 16.2. The number of nitrogens with zero attached hydrogens (tertiary/aromatic N) is 1. The molecule has 1 saturated carbocycles. The van der Waals surface area contributed by atoms with Crippen molar-refractivity contribution in [3.63, 3.8) is 0 Å². The Kier molecular flexibility index (Phi) is 3.55. The number of amides is 2. The SMILES string of the molecule is CC(C)c1cc2[nH]c(CNC(=O)N3CCC3)cc2cc1C1CC1. The maximum absolute atomic E-state index is 11.9. The van der Waals surface area contributed by atoms with Gasteiger partial charge in [-0.05, 0) is 60.4 Å². The van der Waals surface area contributed by atoms with Gasteiger partial charge in [-0.15, -0.1) is 0 Å². The van der Waals surface area contributed by atoms with E-state index in [1.54, 1.807) is 0 Å². The van der Waals surface area contributed by atoms with Crippen LogP contribution in [0, 0.1) is 0 Å². The van der Waals surface area contributed by atoms with Crippen molar-refractivity contribution >= 4 is 16.9 Å². The Morgan fingerprint density at radius 1 is 1.30 bits per heavy atom. The van der Waals surface area contributed by atoms with E-state index in [-0.39, 0.29) is 6.03 Å². The second-order valence-electron chi connectivity index (χ2n) is 7.29. The molecule has 0 atom stereocenters. The lowest BCUT2D eigenvalue weighted by molar-refractivity contribution is 0.167. The number of likely N-dealkylation sites (tertiary alicyclic amines) is 1. The van der Waals surface area contributed by atoms with E-state index in [0.29, 0.717) is 12.5 Å². The van der Waals surface area contributed by atoms with E-state index >= 15 is 0 Å². The quantitative estimate of drug-likeness (QED) is 0.878. The molecule has 1 aromatic heterocycles. The van der Waals surface area contributed by atoms with E-state index in [0.717, 1.165) is 31.1 Å². The zero-order chi connectivity index (χ0) is 16.0. The highest BCUT2D eigenvalue weighted by Gasteiger charge is 2.27. The molecule has 2 aromatic rings. The number of aromatic amines is 1. The molecule has 2 fully saturated rings. The van der Waals surface area contributed by atoms with E-state index < -0.39 is 0 Å². The molecular weight excluding hydrogens is 286 g/mol. The fourth-order valence-electron chi connectivity index (χ4n) is 3.42. The Morgan fingerprint density at radius 2 is 2.09 bits per heavy atom. The Hall–Kier alpha value is -1.97. The summed E-state index contributed by atoms with van der Waals surface area (Å²) >= 11 is 0. The Labute approximate surface area is 137 Å². The first-order chi connectivity index (χ1) is 11.1. The molecule has 4 rings (SSSR count). The number of aromatic nitrogens is 1. The number of rotatable bonds is 4. The van der Waals surface area contributed by atoms with Crippen LogP contribution in [-0.2, 0) is 6.54 Å². The molecule has 23 heavy (non-hydrogen) atoms. The van der Waals surface area contributed by atoms with E-state index in [4.69, 9.17) is 0 Å². The average molecular weight is 311 g/mol. The van der Waals surface area contributed by atoms with Crippen LogP contribution in [-0.4, -0.2) is 29.0 Å². The second-order valence-corrected chi connectivity index (χ2v) is 7.29. The monoisotopic (exact) mass is 311 g/mol. The van der Waals surface area contributed by atoms with Gasteiger partial charge in [-0.3, -0.25) is 0 Å². The van der Waals surface area contributed by atoms with Crippen molar-refractivity contribution < 1.29 is 4.79 Å². The molecule has 0 unspecified atom stereocenters. The Morgan fingerprint density at radius 3 is 2.70 bits per heavy atom. The highest BCUT2D eigenvalue weighted by Crippen LogP contribution is 2.44. The summed E-state index contributed by atoms with van der Waals surface area (Å²) in [6.07, 6.45) is 3.78. The van der Waals surface area contributed by atoms with Crippen molar-refractivity contribution in [2.45, 2.75) is 51.5 Å². The van der Waals surface area contributed by atoms with Gasteiger partial charge in [0.05, 0.1) is 6.54 Å². The van der Waals surface area contributed by atoms with Gasteiger partial charge in [0.15, 0.2) is 0 Å². The van der Waals surface area contributed by atoms with E-state index in [2.05, 4.69) is 42.3 Å². The summed E-state index contributed by atoms with van der Waals surface area (Å²) in [4.78, 5) is 17.2. The van der Waals surface area contributed by atoms with Gasteiger partial charge in [-0.1, -0.05) is 13.8 Å². The normalized spacial score (nSPS) is 17.6. The number of carbonyl (C=O) groups is 1. The molecule has 2 heterocycles. The third-order valence-electron chi connectivity index (χ3n) is 5.09. The molecule has 0 radical (unpaired) electrons. The fourth-order valence-corrected chi connectivity index (χ4v) is 3.42. The lowest BCUT2D eigenvalue weighted by atomic mass is 9.93. The van der Waals surface area contributed by atoms with Crippen LogP contribution in [0.25, 0.3) is 10.9 Å². The largest absolute Gasteiger partial charge is 0.357 e. The van der Waals surface area contributed by atoms with Gasteiger partial charge in [-0.25, -0.2) is 4.79 Å². The van der Waals surface area contributed by atoms with Crippen LogP contribution in [0.4, 0.5) is 4.79 Å². The van der Waals surface area contributed by atoms with Crippen molar-refractivity contribution in [1.29, 1.82) is 0 Å². The molecule has 1 aliphatic heterocycles. The average Bonchev–Trinajstić information content (AvgIpc) is 3.22. The zero-order valence-corrected chi connectivity index (χ0v) is 14.0. The van der Waals surface area contributed by atoms with Gasteiger partial charge in [0.25, 0.3) is 0 Å². The maximum atomic E-state index is 11.9. The molecule has 1 aromatic carbocycles. The van der Waals surface area contributed by atoms with Crippen molar-refractivity contribution in [3.8, 4) is 0 Å². The number of H-pyrrole nitrogens is 1. The van der Waals surface area contributed by atoms with Crippen LogP contribution in [0.15, 0.2) is 18.2 Å². The Bertz CT molecular complexity index is 699. The summed E-state index contributed by atoms with van der Waals surface area (Å²) in [5.41, 5.74) is 5.27. The number of benzene rings is 1. The third kappa shape index (κ3) is 2.82. The second kappa shape index (κ2) is 5.59. The summed E-state index contributed by atoms with van der Waals surface area (Å²) in [5, 5.41) is 4.27. The van der Waals surface area contributed by atoms with Crippen LogP contribution in [0.1, 0.15) is 61.8 Å². The molecule has 2 amide bonds. The molecule has 4 nitrogen and oxygen atoms in total. The van der Waals surface area contributed by atoms with Gasteiger partial charge in [-0.2, -0.15) is 0 Å². The van der Waals surface area contributed by atoms with E-state index in [1.807, 2.05) is 4.90 Å². The molecule has 4 heteroatoms. The van der Waals surface area contributed by atoms with Crippen molar-refractivity contribution in [2.75, 3.05) is 13.1 Å². The lowest BCUT2D eigenvalue weighted by Gasteiger charge is -2.30. The summed E-state index contributed by atoms with van der Waals surface area (Å²) in [6.45, 7) is 6.89. The minimum Gasteiger partial charge on any atom is -0.357 e. The number of urea groups is 1. The molecule has 2 N–H and O–H groups in total. The first kappa shape index (κ1) is 14.6. The molecule has 0 spiro atoms. The van der Waals surface area contributed by atoms with Gasteiger partial charge in [0, 0.05) is 29.7 Å². The minimum atomic E-state index is 0.0523. The van der Waals surface area contributed by atoms with Crippen molar-refractivity contribution in [2.24, 2.45) is 0 Å². The number of hydrogen-bond donors (Lipinski definition) is 2. The van der Waals surface area contributed by atoms with Crippen LogP contribution >= 0.6 is 0 Å². The van der Waals surface area contributed by atoms with Crippen LogP contribution in [0.2, 0.25) is 0 Å². The summed E-state index contributed by atoms with van der Waals surface area (Å²) in [5.74, 6) is 1.31. The van der Waals surface area contributed by atoms with Gasteiger partial charge >= 0.3 is 6.03 Å². The van der Waals surface area contributed by atoms with E-state index in [9.17, 15) is 4.79 Å². The van der Waals surface area contributed by atoms with Gasteiger partial charge in [0.1, 0.15) is 0 Å². The molecule has 0 bridgehead atoms. The number of hydrogen-bond acceptors (Lipinski definition) is 1. The molecule has 1 saturated heterocycles. The lowest BCUT2D eigenvalue weighted by Crippen LogP contribution is -2.47. The van der Waals surface area contributed by atoms with Crippen molar-refractivity contribution in [1.82, 2.24) is 15.2 Å². The number of nitrogens with one attached hydrogen (secondary N) is 2. The number of fused-ring (bicyclic) bond motifs is 1. The summed E-state index contributed by atoms with van der Waals surface area (Å²) < 4.78 is 0. The molecule has 122 valence electrons. The minimum absolute atomic E-state index is 0.0523. The molecular formula is C19H25N3O. The van der Waals surface area contributed by atoms with Crippen LogP contribution < -0.4 is 5.32 Å². The molecule has 2 aliphatic rings. The topological polar surface area (TPSA) is 48.1 Å². The number of carbonyl (C=O) groups excluding carboxylic acids is 1. The highest BCUT2D eigenvalue weighted by molar-refractivity contribution is 5.83. The predicted octanol–water partition coefficient (Wildman–Crippen LogP) is 4.08.